The van der Waals surface area contributed by atoms with E-state index in [4.69, 9.17) is 37.0 Å². The smallest absolute Gasteiger partial charge is 0.462 e. The van der Waals surface area contributed by atoms with Crippen molar-refractivity contribution in [1.82, 2.24) is 0 Å². The summed E-state index contributed by atoms with van der Waals surface area (Å²) in [5.41, 5.74) is 0. The molecule has 5 atom stereocenters. The van der Waals surface area contributed by atoms with E-state index in [1.165, 1.54) is 295 Å². The van der Waals surface area contributed by atoms with Crippen LogP contribution in [-0.4, -0.2) is 96.7 Å². The molecular weight excluding hydrogens is 1380 g/mol. The first-order valence-electron chi connectivity index (χ1n) is 45.1. The fourth-order valence-electron chi connectivity index (χ4n) is 13.6. The number of rotatable bonds is 87. The van der Waals surface area contributed by atoms with Crippen molar-refractivity contribution in [2.75, 3.05) is 39.6 Å². The molecule has 0 aromatic rings. The Hall–Kier alpha value is -1.94. The summed E-state index contributed by atoms with van der Waals surface area (Å²) in [5.74, 6) is -1.33. The Morgan fingerprint density at radius 2 is 0.434 bits per heavy atom. The lowest BCUT2D eigenvalue weighted by atomic mass is 10.0. The third-order valence-electron chi connectivity index (χ3n) is 20.5. The lowest BCUT2D eigenvalue weighted by Crippen LogP contribution is -2.30. The van der Waals surface area contributed by atoms with Crippen LogP contribution in [0.5, 0.6) is 0 Å². The van der Waals surface area contributed by atoms with Crippen molar-refractivity contribution < 1.29 is 80.2 Å². The number of hydrogen-bond donors (Lipinski definition) is 3. The Bertz CT molecular complexity index is 2010. The molecule has 0 aliphatic rings. The van der Waals surface area contributed by atoms with E-state index in [0.29, 0.717) is 25.7 Å². The Labute approximate surface area is 651 Å². The van der Waals surface area contributed by atoms with Crippen molar-refractivity contribution in [3.05, 3.63) is 0 Å². The lowest BCUT2D eigenvalue weighted by Gasteiger charge is -2.21. The van der Waals surface area contributed by atoms with Crippen LogP contribution < -0.4 is 0 Å². The largest absolute Gasteiger partial charge is 0.472 e. The monoisotopic (exact) mass is 1550 g/mol. The first-order valence-corrected chi connectivity index (χ1v) is 48.1. The third-order valence-corrected chi connectivity index (χ3v) is 22.4. The van der Waals surface area contributed by atoms with Gasteiger partial charge in [-0.05, 0) is 31.6 Å². The molecule has 0 aromatic heterocycles. The summed E-state index contributed by atoms with van der Waals surface area (Å²) in [7, 11) is -9.93. The third kappa shape index (κ3) is 80.1. The van der Waals surface area contributed by atoms with Gasteiger partial charge in [0.05, 0.1) is 26.4 Å². The molecule has 17 nitrogen and oxygen atoms in total. The van der Waals surface area contributed by atoms with Crippen LogP contribution in [0.3, 0.4) is 0 Å². The molecule has 0 heterocycles. The van der Waals surface area contributed by atoms with E-state index in [9.17, 15) is 43.2 Å². The van der Waals surface area contributed by atoms with Gasteiger partial charge in [-0.15, -0.1) is 0 Å². The molecule has 0 bridgehead atoms. The molecule has 0 aliphatic carbocycles. The highest BCUT2D eigenvalue weighted by Gasteiger charge is 2.30. The minimum Gasteiger partial charge on any atom is -0.462 e. The maximum absolute atomic E-state index is 13.2. The van der Waals surface area contributed by atoms with Crippen molar-refractivity contribution >= 4 is 39.5 Å². The van der Waals surface area contributed by atoms with Gasteiger partial charge in [-0.2, -0.15) is 0 Å². The molecule has 0 spiro atoms. The van der Waals surface area contributed by atoms with Gasteiger partial charge in [0, 0.05) is 25.7 Å². The average Bonchev–Trinajstić information content (AvgIpc) is 0.904. The van der Waals surface area contributed by atoms with E-state index in [0.717, 1.165) is 95.8 Å². The van der Waals surface area contributed by atoms with Crippen LogP contribution >= 0.6 is 15.6 Å². The van der Waals surface area contributed by atoms with E-state index in [1.54, 1.807) is 0 Å². The second-order valence-corrected chi connectivity index (χ2v) is 34.7. The molecule has 2 unspecified atom stereocenters. The zero-order valence-electron chi connectivity index (χ0n) is 69.6. The zero-order chi connectivity index (χ0) is 77.6. The Morgan fingerprint density at radius 3 is 0.642 bits per heavy atom. The molecule has 0 aromatic carbocycles. The molecule has 0 rings (SSSR count). The van der Waals surface area contributed by atoms with Crippen LogP contribution in [0, 0.1) is 5.92 Å². The number of esters is 4. The summed E-state index contributed by atoms with van der Waals surface area (Å²) in [6.07, 6.45) is 73.6. The number of carbonyl (C=O) groups excluding carboxylic acids is 4. The summed E-state index contributed by atoms with van der Waals surface area (Å²) in [6.45, 7) is 7.37. The first kappa shape index (κ1) is 104. The Kier molecular flexibility index (Phi) is 78.2. The molecule has 0 amide bonds. The highest BCUT2D eigenvalue weighted by molar-refractivity contribution is 7.47. The van der Waals surface area contributed by atoms with Crippen LogP contribution in [0.25, 0.3) is 0 Å². The number of carbonyl (C=O) groups is 4. The van der Waals surface area contributed by atoms with Gasteiger partial charge in [-0.1, -0.05) is 420 Å². The summed E-state index contributed by atoms with van der Waals surface area (Å²) >= 11 is 0. The predicted molar refractivity (Wildman–Crippen MR) is 437 cm³/mol. The van der Waals surface area contributed by atoms with E-state index >= 15 is 0 Å². The molecule has 0 fully saturated rings. The van der Waals surface area contributed by atoms with Crippen molar-refractivity contribution in [3.63, 3.8) is 0 Å². The summed E-state index contributed by atoms with van der Waals surface area (Å²) in [5, 5.41) is 10.7. The number of phosphoric ester groups is 2. The van der Waals surface area contributed by atoms with Gasteiger partial charge >= 0.3 is 39.5 Å². The number of unbranched alkanes of at least 4 members (excludes halogenated alkanes) is 59. The molecule has 3 N–H and O–H groups in total. The molecular formula is C87H170O17P2. The number of hydrogen-bond acceptors (Lipinski definition) is 15. The maximum Gasteiger partial charge on any atom is 0.472 e. The highest BCUT2D eigenvalue weighted by atomic mass is 31.2. The minimum atomic E-state index is -4.97. The fraction of sp³-hybridized carbons (Fsp3) is 0.954. The Morgan fingerprint density at radius 1 is 0.255 bits per heavy atom. The van der Waals surface area contributed by atoms with Crippen molar-refractivity contribution in [3.8, 4) is 0 Å². The molecule has 0 radical (unpaired) electrons. The molecule has 0 saturated heterocycles. The van der Waals surface area contributed by atoms with E-state index in [1.807, 2.05) is 0 Å². The number of aliphatic hydroxyl groups excluding tert-OH is 1. The maximum atomic E-state index is 13.2. The minimum absolute atomic E-state index is 0.107. The fourth-order valence-corrected chi connectivity index (χ4v) is 15.2. The molecule has 0 aliphatic heterocycles. The van der Waals surface area contributed by atoms with E-state index in [2.05, 4.69) is 34.6 Å². The van der Waals surface area contributed by atoms with Gasteiger partial charge in [0.1, 0.15) is 19.3 Å². The van der Waals surface area contributed by atoms with E-state index in [-0.39, 0.29) is 25.7 Å². The van der Waals surface area contributed by atoms with E-state index < -0.39 is 97.5 Å². The normalized spacial score (nSPS) is 13.7. The quantitative estimate of drug-likeness (QED) is 0.0222. The first-order chi connectivity index (χ1) is 51.5. The van der Waals surface area contributed by atoms with Gasteiger partial charge in [-0.3, -0.25) is 37.3 Å². The van der Waals surface area contributed by atoms with Crippen molar-refractivity contribution in [2.45, 2.75) is 490 Å². The number of ether oxygens (including phenoxy) is 4. The highest BCUT2D eigenvalue weighted by Crippen LogP contribution is 2.45. The molecule has 19 heteroatoms. The Balaban J connectivity index is 5.24. The topological polar surface area (TPSA) is 237 Å². The summed E-state index contributed by atoms with van der Waals surface area (Å²) < 4.78 is 69.0. The number of aliphatic hydroxyl groups is 1. The van der Waals surface area contributed by atoms with Crippen LogP contribution in [0.2, 0.25) is 0 Å². The van der Waals surface area contributed by atoms with Crippen molar-refractivity contribution in [1.29, 1.82) is 0 Å². The van der Waals surface area contributed by atoms with Crippen LogP contribution in [-0.2, 0) is 65.4 Å². The molecule has 630 valence electrons. The van der Waals surface area contributed by atoms with Crippen LogP contribution in [0.15, 0.2) is 0 Å². The molecule has 106 heavy (non-hydrogen) atoms. The second-order valence-electron chi connectivity index (χ2n) is 31.8. The van der Waals surface area contributed by atoms with Gasteiger partial charge < -0.3 is 33.8 Å². The van der Waals surface area contributed by atoms with Gasteiger partial charge in [-0.25, -0.2) is 9.13 Å². The summed E-state index contributed by atoms with van der Waals surface area (Å²) in [6, 6.07) is 0. The summed E-state index contributed by atoms with van der Waals surface area (Å²) in [4.78, 5) is 73.3. The van der Waals surface area contributed by atoms with Crippen LogP contribution in [0.1, 0.15) is 471 Å². The average molecular weight is 1550 g/mol. The number of phosphoric acid groups is 2. The van der Waals surface area contributed by atoms with Gasteiger partial charge in [0.15, 0.2) is 12.2 Å². The second kappa shape index (κ2) is 79.7. The van der Waals surface area contributed by atoms with Crippen molar-refractivity contribution in [2.24, 2.45) is 5.92 Å². The van der Waals surface area contributed by atoms with Gasteiger partial charge in [0.25, 0.3) is 0 Å². The predicted octanol–water partition coefficient (Wildman–Crippen LogP) is 26.8. The van der Waals surface area contributed by atoms with Gasteiger partial charge in [0.2, 0.25) is 0 Å². The lowest BCUT2D eigenvalue weighted by molar-refractivity contribution is -0.161. The molecule has 0 saturated carbocycles. The standard InChI is InChI=1S/C87H170O17P2/c1-6-9-12-15-18-21-24-27-29-31-32-33-34-35-37-39-42-47-52-57-62-67-72-86(91)103-82(76-98-85(90)71-66-61-56-51-46-41-38-36-30-28-25-22-19-16-13-10-7-2)78-101-105(93,94)99-74-81(88)75-100-106(95,96)102-79-83(77-97-84(89)70-65-60-55-50-45-40-26-23-20-17-14-11-8-3)104-87(92)73-68-63-58-53-48-43-44-49-54-59-64-69-80(4)5/h80-83,88H,6-79H2,1-5H3,(H,93,94)(H,95,96)/t81-,82-,83-/m1/s1. The SMILES string of the molecule is CCCCCCCCCCCCCCCCCCCCCCCCC(=O)O[C@H](COC(=O)CCCCCCCCCCCCCCCCCCC)COP(=O)(O)OC[C@@H](O)COP(=O)(O)OC[C@@H](COC(=O)CCCCCCCCCCCCCCC)OC(=O)CCCCCCCCCCCCCC(C)C. The van der Waals surface area contributed by atoms with Crippen LogP contribution in [0.4, 0.5) is 0 Å². The zero-order valence-corrected chi connectivity index (χ0v) is 71.4.